The van der Waals surface area contributed by atoms with E-state index in [1.54, 1.807) is 6.08 Å². The van der Waals surface area contributed by atoms with Crippen molar-refractivity contribution in [2.24, 2.45) is 0 Å². The van der Waals surface area contributed by atoms with Crippen molar-refractivity contribution in [3.05, 3.63) is 12.2 Å². The van der Waals surface area contributed by atoms with Gasteiger partial charge in [-0.25, -0.2) is 0 Å². The fourth-order valence-corrected chi connectivity index (χ4v) is 6.75. The van der Waals surface area contributed by atoms with Crippen LogP contribution >= 0.6 is 0 Å². The SMILES string of the molecule is CCCCCCCCCCCCC/C=C/C(O)C(CO)NC(=O)CC(O)CCCCCCCCCCCCCCCCCCCCCC. The average Bonchev–Trinajstić information content (AvgIpc) is 3.08. The zero-order chi connectivity index (χ0) is 35.2. The van der Waals surface area contributed by atoms with E-state index in [0.717, 1.165) is 25.7 Å². The molecule has 0 heterocycles. The van der Waals surface area contributed by atoms with Gasteiger partial charge in [-0.2, -0.15) is 0 Å². The molecule has 0 aliphatic heterocycles. The van der Waals surface area contributed by atoms with Crippen LogP contribution in [0.3, 0.4) is 0 Å². The fraction of sp³-hybridized carbons (Fsp3) is 0.930. The van der Waals surface area contributed by atoms with Crippen molar-refractivity contribution < 1.29 is 20.1 Å². The lowest BCUT2D eigenvalue weighted by atomic mass is 10.0. The van der Waals surface area contributed by atoms with Gasteiger partial charge in [-0.1, -0.05) is 219 Å². The van der Waals surface area contributed by atoms with Crippen LogP contribution in [0.2, 0.25) is 0 Å². The first kappa shape index (κ1) is 47.1. The van der Waals surface area contributed by atoms with Gasteiger partial charge in [-0.05, 0) is 19.3 Å². The van der Waals surface area contributed by atoms with Crippen LogP contribution in [0.15, 0.2) is 12.2 Å². The van der Waals surface area contributed by atoms with Crippen LogP contribution in [0.5, 0.6) is 0 Å². The van der Waals surface area contributed by atoms with Crippen molar-refractivity contribution in [2.75, 3.05) is 6.61 Å². The minimum Gasteiger partial charge on any atom is -0.394 e. The molecule has 0 aliphatic carbocycles. The minimum atomic E-state index is -0.923. The van der Waals surface area contributed by atoms with Gasteiger partial charge >= 0.3 is 0 Å². The Bertz CT molecular complexity index is 669. The summed E-state index contributed by atoms with van der Waals surface area (Å²) in [6, 6.07) is -0.738. The van der Waals surface area contributed by atoms with E-state index in [9.17, 15) is 20.1 Å². The molecule has 0 fully saturated rings. The highest BCUT2D eigenvalue weighted by Crippen LogP contribution is 2.16. The van der Waals surface area contributed by atoms with Crippen LogP contribution in [0.1, 0.15) is 232 Å². The van der Waals surface area contributed by atoms with Gasteiger partial charge < -0.3 is 20.6 Å². The molecule has 0 aromatic heterocycles. The number of carbonyl (C=O) groups excluding carboxylic acids is 1. The smallest absolute Gasteiger partial charge is 0.222 e. The Labute approximate surface area is 299 Å². The van der Waals surface area contributed by atoms with Crippen molar-refractivity contribution in [1.29, 1.82) is 0 Å². The Hall–Kier alpha value is -0.910. The number of unbranched alkanes of at least 4 members (excludes halogenated alkanes) is 30. The summed E-state index contributed by atoms with van der Waals surface area (Å²) in [5.41, 5.74) is 0. The number of hydrogen-bond donors (Lipinski definition) is 4. The zero-order valence-corrected chi connectivity index (χ0v) is 32.4. The molecule has 0 aliphatic rings. The van der Waals surface area contributed by atoms with E-state index in [-0.39, 0.29) is 18.9 Å². The largest absolute Gasteiger partial charge is 0.394 e. The Morgan fingerprint density at radius 1 is 0.521 bits per heavy atom. The lowest BCUT2D eigenvalue weighted by molar-refractivity contribution is -0.124. The van der Waals surface area contributed by atoms with E-state index >= 15 is 0 Å². The fourth-order valence-electron chi connectivity index (χ4n) is 6.75. The van der Waals surface area contributed by atoms with Gasteiger partial charge in [-0.3, -0.25) is 4.79 Å². The molecule has 0 saturated heterocycles. The van der Waals surface area contributed by atoms with Crippen molar-refractivity contribution in [2.45, 2.75) is 250 Å². The summed E-state index contributed by atoms with van der Waals surface area (Å²) in [5, 5.41) is 33.2. The molecule has 5 nitrogen and oxygen atoms in total. The number of nitrogens with one attached hydrogen (secondary N) is 1. The van der Waals surface area contributed by atoms with Crippen LogP contribution in [0.4, 0.5) is 0 Å². The Morgan fingerprint density at radius 2 is 0.854 bits per heavy atom. The van der Waals surface area contributed by atoms with E-state index in [0.29, 0.717) is 6.42 Å². The third kappa shape index (κ3) is 34.9. The third-order valence-corrected chi connectivity index (χ3v) is 10.1. The van der Waals surface area contributed by atoms with Gasteiger partial charge in [0, 0.05) is 0 Å². The van der Waals surface area contributed by atoms with Gasteiger partial charge in [0.1, 0.15) is 0 Å². The molecule has 0 aromatic rings. The quantitative estimate of drug-likeness (QED) is 0.0384. The van der Waals surface area contributed by atoms with E-state index in [4.69, 9.17) is 0 Å². The summed E-state index contributed by atoms with van der Waals surface area (Å²) < 4.78 is 0. The number of amides is 1. The topological polar surface area (TPSA) is 89.8 Å². The summed E-state index contributed by atoms with van der Waals surface area (Å²) in [6.07, 6.45) is 44.9. The standard InChI is InChI=1S/C43H85NO4/c1-3-5-7-9-11-13-15-17-18-19-20-21-22-23-25-26-28-30-32-34-36-40(46)38-43(48)44-41(39-45)42(47)37-35-33-31-29-27-24-16-14-12-10-8-6-4-2/h35,37,40-42,45-47H,3-34,36,38-39H2,1-2H3,(H,44,48)/b37-35+. The molecule has 0 aromatic carbocycles. The van der Waals surface area contributed by atoms with Crippen LogP contribution in [0.25, 0.3) is 0 Å². The highest BCUT2D eigenvalue weighted by Gasteiger charge is 2.20. The molecule has 286 valence electrons. The third-order valence-electron chi connectivity index (χ3n) is 10.1. The molecule has 1 amide bonds. The molecular weight excluding hydrogens is 594 g/mol. The number of hydrogen-bond acceptors (Lipinski definition) is 4. The maximum Gasteiger partial charge on any atom is 0.222 e. The number of rotatable bonds is 39. The average molecular weight is 680 g/mol. The van der Waals surface area contributed by atoms with Crippen LogP contribution in [-0.2, 0) is 4.79 Å². The summed E-state index contributed by atoms with van der Waals surface area (Å²) in [7, 11) is 0. The van der Waals surface area contributed by atoms with Crippen LogP contribution in [-0.4, -0.2) is 46.1 Å². The number of aliphatic hydroxyl groups is 3. The minimum absolute atomic E-state index is 0.0187. The Balaban J connectivity index is 3.61. The first-order valence-corrected chi connectivity index (χ1v) is 21.5. The summed E-state index contributed by atoms with van der Waals surface area (Å²) in [4.78, 5) is 12.4. The summed E-state index contributed by atoms with van der Waals surface area (Å²) in [6.45, 7) is 4.22. The molecule has 0 rings (SSSR count). The van der Waals surface area contributed by atoms with E-state index in [1.807, 2.05) is 6.08 Å². The molecule has 5 heteroatoms. The Morgan fingerprint density at radius 3 is 1.21 bits per heavy atom. The lowest BCUT2D eigenvalue weighted by Gasteiger charge is -2.21. The van der Waals surface area contributed by atoms with Gasteiger partial charge in [-0.15, -0.1) is 0 Å². The predicted molar refractivity (Wildman–Crippen MR) is 208 cm³/mol. The second-order valence-corrected chi connectivity index (χ2v) is 15.0. The Kier molecular flexibility index (Phi) is 38.1. The van der Waals surface area contributed by atoms with Crippen molar-refractivity contribution in [3.63, 3.8) is 0 Å². The van der Waals surface area contributed by atoms with E-state index in [2.05, 4.69) is 19.2 Å². The molecule has 48 heavy (non-hydrogen) atoms. The molecule has 3 atom stereocenters. The lowest BCUT2D eigenvalue weighted by Crippen LogP contribution is -2.45. The maximum absolute atomic E-state index is 12.4. The van der Waals surface area contributed by atoms with Gasteiger partial charge in [0.2, 0.25) is 5.91 Å². The highest BCUT2D eigenvalue weighted by atomic mass is 16.3. The highest BCUT2D eigenvalue weighted by molar-refractivity contribution is 5.76. The zero-order valence-electron chi connectivity index (χ0n) is 32.4. The summed E-state index contributed by atoms with van der Waals surface area (Å²) >= 11 is 0. The molecule has 0 radical (unpaired) electrons. The number of allylic oxidation sites excluding steroid dienone is 1. The van der Waals surface area contributed by atoms with Crippen molar-refractivity contribution in [1.82, 2.24) is 5.32 Å². The number of aliphatic hydroxyl groups excluding tert-OH is 3. The first-order chi connectivity index (χ1) is 23.5. The molecule has 4 N–H and O–H groups in total. The molecule has 0 saturated carbocycles. The molecular formula is C43H85NO4. The van der Waals surface area contributed by atoms with E-state index in [1.165, 1.54) is 180 Å². The maximum atomic E-state index is 12.4. The molecule has 3 unspecified atom stereocenters. The summed E-state index contributed by atoms with van der Waals surface area (Å²) in [5.74, 6) is -0.312. The second-order valence-electron chi connectivity index (χ2n) is 15.0. The van der Waals surface area contributed by atoms with Crippen LogP contribution in [0, 0.1) is 0 Å². The van der Waals surface area contributed by atoms with Gasteiger partial charge in [0.25, 0.3) is 0 Å². The van der Waals surface area contributed by atoms with E-state index < -0.39 is 18.2 Å². The van der Waals surface area contributed by atoms with Crippen molar-refractivity contribution >= 4 is 5.91 Å². The second kappa shape index (κ2) is 38.9. The van der Waals surface area contributed by atoms with Crippen LogP contribution < -0.4 is 5.32 Å². The van der Waals surface area contributed by atoms with Gasteiger partial charge in [0.15, 0.2) is 0 Å². The van der Waals surface area contributed by atoms with Gasteiger partial charge in [0.05, 0.1) is 31.3 Å². The molecule has 0 spiro atoms. The van der Waals surface area contributed by atoms with Crippen molar-refractivity contribution in [3.8, 4) is 0 Å². The first-order valence-electron chi connectivity index (χ1n) is 21.5. The number of carbonyl (C=O) groups is 1. The predicted octanol–water partition coefficient (Wildman–Crippen LogP) is 12.0. The normalized spacial score (nSPS) is 13.7. The monoisotopic (exact) mass is 680 g/mol. The molecule has 0 bridgehead atoms.